The number of nitrogens with zero attached hydrogens (tertiary/aromatic N) is 4. The van der Waals surface area contributed by atoms with Crippen molar-refractivity contribution in [3.8, 4) is 0 Å². The van der Waals surface area contributed by atoms with Crippen LogP contribution in [-0.2, 0) is 4.79 Å². The van der Waals surface area contributed by atoms with Crippen molar-refractivity contribution in [3.05, 3.63) is 24.0 Å². The lowest BCUT2D eigenvalue weighted by Crippen LogP contribution is -2.46. The number of carbonyl (C=O) groups excluding carboxylic acids is 1. The second-order valence-corrected chi connectivity index (χ2v) is 7.36. The van der Waals surface area contributed by atoms with E-state index in [4.69, 9.17) is 0 Å². The van der Waals surface area contributed by atoms with Crippen molar-refractivity contribution in [1.82, 2.24) is 19.5 Å². The van der Waals surface area contributed by atoms with Gasteiger partial charge in [0.25, 0.3) is 0 Å². The molecule has 0 radical (unpaired) electrons. The maximum Gasteiger partial charge on any atom is 0.225 e. The van der Waals surface area contributed by atoms with E-state index in [0.29, 0.717) is 17.7 Å². The summed E-state index contributed by atoms with van der Waals surface area (Å²) < 4.78 is 1.85. The lowest BCUT2D eigenvalue weighted by atomic mass is 10.0. The summed E-state index contributed by atoms with van der Waals surface area (Å²) >= 11 is 0. The molecule has 1 atom stereocenters. The zero-order valence-electron chi connectivity index (χ0n) is 14.4. The molecule has 0 unspecified atom stereocenters. The highest BCUT2D eigenvalue weighted by molar-refractivity contribution is 5.81. The van der Waals surface area contributed by atoms with Crippen molar-refractivity contribution >= 4 is 17.4 Å². The fourth-order valence-electron chi connectivity index (χ4n) is 3.42. The van der Waals surface area contributed by atoms with E-state index in [0.717, 1.165) is 55.9 Å². The van der Waals surface area contributed by atoms with Gasteiger partial charge in [-0.15, -0.1) is 0 Å². The van der Waals surface area contributed by atoms with Gasteiger partial charge in [-0.05, 0) is 31.6 Å². The average molecular weight is 327 g/mol. The number of rotatable bonds is 4. The number of fused-ring (bicyclic) bond motifs is 1. The highest BCUT2D eigenvalue weighted by atomic mass is 16.2. The van der Waals surface area contributed by atoms with Crippen LogP contribution in [0.5, 0.6) is 0 Å². The SMILES string of the molecule is CC(C)c1cc(N[C@@H]2CCCN(C(=O)C3CC3)C2)n2nccc2n1. The molecule has 6 heteroatoms. The summed E-state index contributed by atoms with van der Waals surface area (Å²) in [5.74, 6) is 1.99. The van der Waals surface area contributed by atoms with Crippen LogP contribution in [0.15, 0.2) is 18.3 Å². The van der Waals surface area contributed by atoms with Gasteiger partial charge in [-0.3, -0.25) is 4.79 Å². The van der Waals surface area contributed by atoms with Gasteiger partial charge in [0.15, 0.2) is 5.65 Å². The smallest absolute Gasteiger partial charge is 0.225 e. The Morgan fingerprint density at radius 3 is 2.92 bits per heavy atom. The number of hydrogen-bond donors (Lipinski definition) is 1. The number of piperidine rings is 1. The third kappa shape index (κ3) is 2.97. The Morgan fingerprint density at radius 1 is 1.33 bits per heavy atom. The zero-order valence-corrected chi connectivity index (χ0v) is 14.4. The van der Waals surface area contributed by atoms with Crippen LogP contribution in [-0.4, -0.2) is 44.5 Å². The summed E-state index contributed by atoms with van der Waals surface area (Å²) in [6.45, 7) is 5.99. The predicted molar refractivity (Wildman–Crippen MR) is 93.0 cm³/mol. The molecule has 1 amide bonds. The summed E-state index contributed by atoms with van der Waals surface area (Å²) in [5, 5.41) is 8.00. The van der Waals surface area contributed by atoms with Crippen LogP contribution in [0.2, 0.25) is 0 Å². The number of likely N-dealkylation sites (tertiary alicyclic amines) is 1. The molecule has 2 fully saturated rings. The van der Waals surface area contributed by atoms with Gasteiger partial charge in [-0.1, -0.05) is 13.8 Å². The maximum atomic E-state index is 12.3. The quantitative estimate of drug-likeness (QED) is 0.938. The van der Waals surface area contributed by atoms with Gasteiger partial charge in [0.2, 0.25) is 5.91 Å². The van der Waals surface area contributed by atoms with Crippen LogP contribution in [0.3, 0.4) is 0 Å². The molecule has 3 heterocycles. The predicted octanol–water partition coefficient (Wildman–Crippen LogP) is 2.67. The molecule has 0 spiro atoms. The Labute approximate surface area is 142 Å². The third-order valence-corrected chi connectivity index (χ3v) is 4.98. The van der Waals surface area contributed by atoms with Crippen LogP contribution in [0.25, 0.3) is 5.65 Å². The zero-order chi connectivity index (χ0) is 16.7. The van der Waals surface area contributed by atoms with Crippen molar-refractivity contribution in [3.63, 3.8) is 0 Å². The molecule has 0 aromatic carbocycles. The highest BCUT2D eigenvalue weighted by Gasteiger charge is 2.35. The molecular formula is C18H25N5O. The molecule has 2 aromatic heterocycles. The van der Waals surface area contributed by atoms with Crippen LogP contribution in [0, 0.1) is 5.92 Å². The molecule has 0 bridgehead atoms. The number of hydrogen-bond acceptors (Lipinski definition) is 4. The van der Waals surface area contributed by atoms with E-state index in [2.05, 4.69) is 35.3 Å². The number of amides is 1. The van der Waals surface area contributed by atoms with Crippen LogP contribution < -0.4 is 5.32 Å². The van der Waals surface area contributed by atoms with Crippen molar-refractivity contribution in [2.75, 3.05) is 18.4 Å². The van der Waals surface area contributed by atoms with Gasteiger partial charge in [0.1, 0.15) is 5.82 Å². The number of nitrogens with one attached hydrogen (secondary N) is 1. The fraction of sp³-hybridized carbons (Fsp3) is 0.611. The minimum Gasteiger partial charge on any atom is -0.365 e. The van der Waals surface area contributed by atoms with Gasteiger partial charge in [0.05, 0.1) is 6.20 Å². The van der Waals surface area contributed by atoms with Crippen LogP contribution in [0.1, 0.15) is 51.1 Å². The van der Waals surface area contributed by atoms with Gasteiger partial charge in [0, 0.05) is 42.9 Å². The molecule has 1 aliphatic carbocycles. The first-order chi connectivity index (χ1) is 11.6. The van der Waals surface area contributed by atoms with Crippen molar-refractivity contribution in [2.24, 2.45) is 5.92 Å². The van der Waals surface area contributed by atoms with Crippen molar-refractivity contribution in [2.45, 2.75) is 51.5 Å². The van der Waals surface area contributed by atoms with E-state index >= 15 is 0 Å². The Kier molecular flexibility index (Phi) is 3.90. The Hall–Kier alpha value is -2.11. The minimum absolute atomic E-state index is 0.274. The van der Waals surface area contributed by atoms with E-state index in [-0.39, 0.29) is 6.04 Å². The summed E-state index contributed by atoms with van der Waals surface area (Å²) in [6, 6.07) is 4.30. The van der Waals surface area contributed by atoms with E-state index < -0.39 is 0 Å². The van der Waals surface area contributed by atoms with Crippen LogP contribution >= 0.6 is 0 Å². The molecule has 6 nitrogen and oxygen atoms in total. The standard InChI is InChI=1S/C18H25N5O/c1-12(2)15-10-17(23-16(21-15)7-8-19-23)20-14-4-3-9-22(11-14)18(24)13-5-6-13/h7-8,10,12-14,20H,3-6,9,11H2,1-2H3/t14-/m1/s1. The summed E-state index contributed by atoms with van der Waals surface area (Å²) in [6.07, 6.45) is 6.06. The molecule has 24 heavy (non-hydrogen) atoms. The minimum atomic E-state index is 0.274. The Bertz CT molecular complexity index is 749. The summed E-state index contributed by atoms with van der Waals surface area (Å²) in [5.41, 5.74) is 1.93. The fourth-order valence-corrected chi connectivity index (χ4v) is 3.42. The molecule has 4 rings (SSSR count). The number of carbonyl (C=O) groups is 1. The first kappa shape index (κ1) is 15.4. The number of aromatic nitrogens is 3. The van der Waals surface area contributed by atoms with Gasteiger partial charge in [-0.2, -0.15) is 9.61 Å². The first-order valence-electron chi connectivity index (χ1n) is 9.02. The summed E-state index contributed by atoms with van der Waals surface area (Å²) in [7, 11) is 0. The Balaban J connectivity index is 1.54. The first-order valence-corrected chi connectivity index (χ1v) is 9.02. The maximum absolute atomic E-state index is 12.3. The van der Waals surface area contributed by atoms with E-state index in [1.54, 1.807) is 6.20 Å². The van der Waals surface area contributed by atoms with E-state index in [1.165, 1.54) is 0 Å². The Morgan fingerprint density at radius 2 is 2.17 bits per heavy atom. The second kappa shape index (κ2) is 6.07. The number of anilines is 1. The van der Waals surface area contributed by atoms with Crippen LogP contribution in [0.4, 0.5) is 5.82 Å². The normalized spacial score (nSPS) is 21.5. The molecule has 1 saturated carbocycles. The molecule has 128 valence electrons. The molecular weight excluding hydrogens is 302 g/mol. The van der Waals surface area contributed by atoms with E-state index in [1.807, 2.05) is 15.5 Å². The topological polar surface area (TPSA) is 62.5 Å². The molecule has 1 N–H and O–H groups in total. The van der Waals surface area contributed by atoms with Crippen molar-refractivity contribution < 1.29 is 4.79 Å². The molecule has 1 aliphatic heterocycles. The lowest BCUT2D eigenvalue weighted by molar-refractivity contribution is -0.133. The second-order valence-electron chi connectivity index (χ2n) is 7.36. The van der Waals surface area contributed by atoms with Crippen molar-refractivity contribution in [1.29, 1.82) is 0 Å². The molecule has 2 aliphatic rings. The highest BCUT2D eigenvalue weighted by Crippen LogP contribution is 2.32. The molecule has 2 aromatic rings. The van der Waals surface area contributed by atoms with Gasteiger partial charge < -0.3 is 10.2 Å². The third-order valence-electron chi connectivity index (χ3n) is 4.98. The average Bonchev–Trinajstić information content (AvgIpc) is 3.31. The monoisotopic (exact) mass is 327 g/mol. The van der Waals surface area contributed by atoms with Gasteiger partial charge in [-0.25, -0.2) is 4.98 Å². The largest absolute Gasteiger partial charge is 0.365 e. The lowest BCUT2D eigenvalue weighted by Gasteiger charge is -2.34. The molecule has 1 saturated heterocycles. The van der Waals surface area contributed by atoms with E-state index in [9.17, 15) is 4.79 Å². The van der Waals surface area contributed by atoms with Gasteiger partial charge >= 0.3 is 0 Å². The summed E-state index contributed by atoms with van der Waals surface area (Å²) in [4.78, 5) is 19.0.